The maximum Gasteiger partial charge on any atom is 0.152 e. The average Bonchev–Trinajstić information content (AvgIpc) is 2.69. The molecule has 6 nitrogen and oxygen atoms in total. The summed E-state index contributed by atoms with van der Waals surface area (Å²) in [5.74, 6) is 1.91. The first-order valence-electron chi connectivity index (χ1n) is 7.88. The zero-order valence-corrected chi connectivity index (χ0v) is 13.9. The van der Waals surface area contributed by atoms with E-state index in [1.807, 2.05) is 0 Å². The molecule has 0 unspecified atom stereocenters. The molecule has 0 aliphatic carbocycles. The van der Waals surface area contributed by atoms with Crippen molar-refractivity contribution in [3.05, 3.63) is 47.5 Å². The van der Waals surface area contributed by atoms with Gasteiger partial charge in [-0.1, -0.05) is 0 Å². The Morgan fingerprint density at radius 1 is 0.960 bits per heavy atom. The molecular weight excluding hydrogens is 318 g/mol. The highest BCUT2D eigenvalue weighted by Gasteiger charge is 2.19. The quantitative estimate of drug-likeness (QED) is 0.854. The third kappa shape index (κ3) is 3.65. The Balaban J connectivity index is 1.99. The van der Waals surface area contributed by atoms with Gasteiger partial charge in [-0.3, -0.25) is 0 Å². The summed E-state index contributed by atoms with van der Waals surface area (Å²) < 4.78 is 16.5. The first kappa shape index (κ1) is 16.6. The van der Waals surface area contributed by atoms with Gasteiger partial charge in [-0.15, -0.1) is 0 Å². The average molecular weight is 335 g/mol. The van der Waals surface area contributed by atoms with E-state index < -0.39 is 0 Å². The van der Waals surface area contributed by atoms with Crippen LogP contribution in [0, 0.1) is 22.7 Å². The third-order valence-electron chi connectivity index (χ3n) is 3.98. The van der Waals surface area contributed by atoms with Gasteiger partial charge in [0.15, 0.2) is 5.75 Å². The number of hydrogen-bond acceptors (Lipinski definition) is 6. The van der Waals surface area contributed by atoms with E-state index in [1.165, 1.54) is 0 Å². The van der Waals surface area contributed by atoms with Crippen LogP contribution in [0.2, 0.25) is 0 Å². The third-order valence-corrected chi connectivity index (χ3v) is 3.98. The molecule has 0 saturated carbocycles. The Bertz CT molecular complexity index is 829. The zero-order chi connectivity index (χ0) is 17.6. The van der Waals surface area contributed by atoms with E-state index in [9.17, 15) is 10.5 Å². The topological polar surface area (TPSA) is 78.5 Å². The lowest BCUT2D eigenvalue weighted by Crippen LogP contribution is -2.36. The van der Waals surface area contributed by atoms with Crippen LogP contribution in [0.5, 0.6) is 17.2 Å². The largest absolute Gasteiger partial charge is 0.497 e. The Morgan fingerprint density at radius 2 is 1.56 bits per heavy atom. The summed E-state index contributed by atoms with van der Waals surface area (Å²) in [5.41, 5.74) is 1.42. The number of anilines is 1. The van der Waals surface area contributed by atoms with Crippen LogP contribution in [0.4, 0.5) is 5.69 Å². The molecule has 6 heteroatoms. The Morgan fingerprint density at radius 3 is 2.16 bits per heavy atom. The molecule has 0 atom stereocenters. The molecule has 1 aliphatic heterocycles. The van der Waals surface area contributed by atoms with E-state index >= 15 is 0 Å². The number of ether oxygens (including phenoxy) is 3. The van der Waals surface area contributed by atoms with Gasteiger partial charge in [0.2, 0.25) is 0 Å². The fourth-order valence-corrected chi connectivity index (χ4v) is 2.66. The molecule has 0 radical (unpaired) electrons. The van der Waals surface area contributed by atoms with Crippen LogP contribution in [-0.4, -0.2) is 33.4 Å². The number of hydrogen-bond donors (Lipinski definition) is 0. The highest BCUT2D eigenvalue weighted by molar-refractivity contribution is 5.67. The van der Waals surface area contributed by atoms with Gasteiger partial charge >= 0.3 is 0 Å². The summed E-state index contributed by atoms with van der Waals surface area (Å²) in [5, 5.41) is 18.6. The molecule has 25 heavy (non-hydrogen) atoms. The minimum absolute atomic E-state index is 0.294. The van der Waals surface area contributed by atoms with E-state index in [0.29, 0.717) is 48.9 Å². The highest BCUT2D eigenvalue weighted by Crippen LogP contribution is 2.36. The molecule has 0 N–H and O–H groups in total. The molecular formula is C19H17N3O3. The Labute approximate surface area is 146 Å². The number of morpholine rings is 1. The predicted octanol–water partition coefficient (Wildman–Crippen LogP) is 3.07. The molecule has 1 fully saturated rings. The second kappa shape index (κ2) is 7.57. The van der Waals surface area contributed by atoms with Gasteiger partial charge in [-0.25, -0.2) is 0 Å². The van der Waals surface area contributed by atoms with Crippen molar-refractivity contribution in [1.29, 1.82) is 10.5 Å². The van der Waals surface area contributed by atoms with Gasteiger partial charge in [0.05, 0.1) is 37.1 Å². The Kier molecular flexibility index (Phi) is 5.03. The zero-order valence-electron chi connectivity index (χ0n) is 13.9. The van der Waals surface area contributed by atoms with Crippen molar-refractivity contribution in [3.8, 4) is 29.4 Å². The smallest absolute Gasteiger partial charge is 0.152 e. The molecule has 0 bridgehead atoms. The van der Waals surface area contributed by atoms with Crippen LogP contribution in [0.15, 0.2) is 36.4 Å². The number of rotatable bonds is 4. The van der Waals surface area contributed by atoms with Crippen LogP contribution >= 0.6 is 0 Å². The second-order valence-electron chi connectivity index (χ2n) is 5.47. The van der Waals surface area contributed by atoms with Crippen molar-refractivity contribution in [1.82, 2.24) is 0 Å². The number of nitriles is 2. The number of nitrogens with zero attached hydrogens (tertiary/aromatic N) is 3. The summed E-state index contributed by atoms with van der Waals surface area (Å²) in [7, 11) is 1.60. The number of benzene rings is 2. The van der Waals surface area contributed by atoms with Crippen molar-refractivity contribution in [2.75, 3.05) is 38.3 Å². The van der Waals surface area contributed by atoms with Crippen LogP contribution in [0.1, 0.15) is 11.1 Å². The van der Waals surface area contributed by atoms with Gasteiger partial charge in [0.25, 0.3) is 0 Å². The number of methoxy groups -OCH3 is 1. The molecule has 0 amide bonds. The summed E-state index contributed by atoms with van der Waals surface area (Å²) in [6.07, 6.45) is 0. The van der Waals surface area contributed by atoms with Crippen LogP contribution in [0.3, 0.4) is 0 Å². The van der Waals surface area contributed by atoms with Crippen molar-refractivity contribution < 1.29 is 14.2 Å². The van der Waals surface area contributed by atoms with E-state index in [4.69, 9.17) is 14.2 Å². The standard InChI is InChI=1S/C19H17N3O3/c1-23-16-2-4-17(5-3-16)25-19-11-15(13-21)14(12-20)10-18(19)22-6-8-24-9-7-22/h2-5,10-11H,6-9H2,1H3. The minimum atomic E-state index is 0.294. The van der Waals surface area contributed by atoms with Crippen molar-refractivity contribution in [2.24, 2.45) is 0 Å². The molecule has 1 heterocycles. The van der Waals surface area contributed by atoms with E-state index in [1.54, 1.807) is 43.5 Å². The van der Waals surface area contributed by atoms with Crippen molar-refractivity contribution >= 4 is 5.69 Å². The molecule has 2 aromatic carbocycles. The second-order valence-corrected chi connectivity index (χ2v) is 5.47. The lowest BCUT2D eigenvalue weighted by Gasteiger charge is -2.30. The normalized spacial score (nSPS) is 13.6. The van der Waals surface area contributed by atoms with Crippen molar-refractivity contribution in [3.63, 3.8) is 0 Å². The SMILES string of the molecule is COc1ccc(Oc2cc(C#N)c(C#N)cc2N2CCOCC2)cc1. The lowest BCUT2D eigenvalue weighted by molar-refractivity contribution is 0.122. The van der Waals surface area contributed by atoms with Crippen molar-refractivity contribution in [2.45, 2.75) is 0 Å². The summed E-state index contributed by atoms with van der Waals surface area (Å²) in [6.45, 7) is 2.64. The fourth-order valence-electron chi connectivity index (χ4n) is 2.66. The maximum atomic E-state index is 9.31. The first-order valence-corrected chi connectivity index (χ1v) is 7.88. The summed E-state index contributed by atoms with van der Waals surface area (Å²) in [6, 6.07) is 14.7. The van der Waals surface area contributed by atoms with E-state index in [0.717, 1.165) is 11.4 Å². The van der Waals surface area contributed by atoms with Gasteiger partial charge < -0.3 is 19.1 Å². The van der Waals surface area contributed by atoms with Gasteiger partial charge in [-0.2, -0.15) is 10.5 Å². The fraction of sp³-hybridized carbons (Fsp3) is 0.263. The van der Waals surface area contributed by atoms with Gasteiger partial charge in [0, 0.05) is 19.2 Å². The predicted molar refractivity (Wildman–Crippen MR) is 92.0 cm³/mol. The maximum absolute atomic E-state index is 9.31. The van der Waals surface area contributed by atoms with Crippen LogP contribution < -0.4 is 14.4 Å². The van der Waals surface area contributed by atoms with E-state index in [-0.39, 0.29) is 0 Å². The molecule has 1 saturated heterocycles. The summed E-state index contributed by atoms with van der Waals surface area (Å²) in [4.78, 5) is 2.10. The van der Waals surface area contributed by atoms with Crippen LogP contribution in [0.25, 0.3) is 0 Å². The van der Waals surface area contributed by atoms with Crippen LogP contribution in [-0.2, 0) is 4.74 Å². The van der Waals surface area contributed by atoms with E-state index in [2.05, 4.69) is 17.0 Å². The molecule has 1 aliphatic rings. The molecule has 2 aromatic rings. The lowest BCUT2D eigenvalue weighted by atomic mass is 10.1. The first-order chi connectivity index (χ1) is 12.2. The summed E-state index contributed by atoms with van der Waals surface area (Å²) >= 11 is 0. The molecule has 0 spiro atoms. The molecule has 126 valence electrons. The van der Waals surface area contributed by atoms with Gasteiger partial charge in [0.1, 0.15) is 23.6 Å². The molecule has 0 aromatic heterocycles. The monoisotopic (exact) mass is 335 g/mol. The highest BCUT2D eigenvalue weighted by atomic mass is 16.5. The van der Waals surface area contributed by atoms with Gasteiger partial charge in [-0.05, 0) is 30.3 Å². The molecule has 3 rings (SSSR count). The minimum Gasteiger partial charge on any atom is -0.497 e. The Hall–Kier alpha value is -3.22.